The van der Waals surface area contributed by atoms with Crippen LogP contribution in [0.2, 0.25) is 0 Å². The second kappa shape index (κ2) is 8.92. The fourth-order valence-electron chi connectivity index (χ4n) is 3.74. The lowest BCUT2D eigenvalue weighted by Crippen LogP contribution is -2.47. The molecule has 0 aromatic carbocycles. The van der Waals surface area contributed by atoms with E-state index < -0.39 is 11.9 Å². The average molecular weight is 474 g/mol. The fourth-order valence-corrected chi connectivity index (χ4v) is 3.74. The molecule has 0 spiro atoms. The van der Waals surface area contributed by atoms with Crippen LogP contribution in [-0.4, -0.2) is 50.3 Å². The Morgan fingerprint density at radius 1 is 1.15 bits per heavy atom. The zero-order valence-electron chi connectivity index (χ0n) is 19.3. The van der Waals surface area contributed by atoms with Crippen LogP contribution in [0.15, 0.2) is 30.7 Å². The monoisotopic (exact) mass is 474 g/mol. The number of alkyl halides is 3. The maximum Gasteiger partial charge on any atom is 0.433 e. The lowest BCUT2D eigenvalue weighted by Gasteiger charge is -2.37. The maximum atomic E-state index is 12.7. The summed E-state index contributed by atoms with van der Waals surface area (Å²) < 4.78 is 39.6. The normalized spacial score (nSPS) is 14.1. The van der Waals surface area contributed by atoms with Crippen molar-refractivity contribution in [2.45, 2.75) is 46.1 Å². The molecule has 1 aliphatic rings. The first-order chi connectivity index (χ1) is 16.0. The van der Waals surface area contributed by atoms with E-state index in [2.05, 4.69) is 25.4 Å². The Morgan fingerprint density at radius 2 is 1.91 bits per heavy atom. The number of fused-ring (bicyclic) bond motifs is 1. The quantitative estimate of drug-likeness (QED) is 0.586. The highest BCUT2D eigenvalue weighted by Crippen LogP contribution is 2.35. The van der Waals surface area contributed by atoms with Crippen molar-refractivity contribution in [1.29, 1.82) is 0 Å². The molecule has 0 saturated heterocycles. The molecule has 12 heteroatoms. The van der Waals surface area contributed by atoms with Crippen molar-refractivity contribution in [2.24, 2.45) is 0 Å². The van der Waals surface area contributed by atoms with Crippen LogP contribution in [0.3, 0.4) is 0 Å². The first-order valence-electron chi connectivity index (χ1n) is 10.7. The van der Waals surface area contributed by atoms with Crippen LogP contribution in [-0.2, 0) is 24.1 Å². The summed E-state index contributed by atoms with van der Waals surface area (Å²) in [5, 5.41) is 7.47. The van der Waals surface area contributed by atoms with Crippen molar-refractivity contribution in [3.05, 3.63) is 53.2 Å². The van der Waals surface area contributed by atoms with E-state index >= 15 is 0 Å². The highest BCUT2D eigenvalue weighted by Gasteiger charge is 2.33. The van der Waals surface area contributed by atoms with E-state index in [4.69, 9.17) is 0 Å². The number of aryl methyl sites for hydroxylation is 1. The first-order valence-corrected chi connectivity index (χ1v) is 10.7. The van der Waals surface area contributed by atoms with Crippen molar-refractivity contribution in [2.75, 3.05) is 28.7 Å². The smallest absolute Gasteiger partial charge is 0.350 e. The third kappa shape index (κ3) is 4.80. The van der Waals surface area contributed by atoms with Gasteiger partial charge in [0.25, 0.3) is 0 Å². The highest BCUT2D eigenvalue weighted by molar-refractivity contribution is 6.02. The van der Waals surface area contributed by atoms with E-state index in [1.807, 2.05) is 25.7 Å². The molecule has 3 aromatic heterocycles. The number of nitrogens with one attached hydrogen (secondary N) is 1. The van der Waals surface area contributed by atoms with Gasteiger partial charge in [0.05, 0.1) is 25.0 Å². The van der Waals surface area contributed by atoms with Crippen LogP contribution < -0.4 is 15.1 Å². The van der Waals surface area contributed by atoms with E-state index in [9.17, 15) is 18.0 Å². The van der Waals surface area contributed by atoms with Gasteiger partial charge in [0.1, 0.15) is 11.4 Å². The Kier molecular flexibility index (Phi) is 6.15. The van der Waals surface area contributed by atoms with Crippen molar-refractivity contribution >= 4 is 23.4 Å². The third-order valence-electron chi connectivity index (χ3n) is 5.55. The molecule has 0 fully saturated rings. The second-order valence-corrected chi connectivity index (χ2v) is 8.43. The SMILES string of the molecule is Cc1nc(NCc2cnn(Cc3ccc(C(F)(F)F)nc3)c2)nc2c1N(C)C(=O)CN2C(C)C. The number of pyridine rings is 1. The summed E-state index contributed by atoms with van der Waals surface area (Å²) in [5.74, 6) is 1.13. The molecule has 0 saturated carbocycles. The van der Waals surface area contributed by atoms with E-state index in [-0.39, 0.29) is 18.5 Å². The summed E-state index contributed by atoms with van der Waals surface area (Å²) >= 11 is 0. The Hall–Kier alpha value is -3.70. The molecule has 0 atom stereocenters. The van der Waals surface area contributed by atoms with Crippen LogP contribution in [0, 0.1) is 6.92 Å². The van der Waals surface area contributed by atoms with E-state index in [1.165, 1.54) is 12.3 Å². The molecule has 4 rings (SSSR count). The summed E-state index contributed by atoms with van der Waals surface area (Å²) in [7, 11) is 1.73. The fraction of sp³-hybridized carbons (Fsp3) is 0.409. The molecular formula is C22H25F3N8O. The van der Waals surface area contributed by atoms with Gasteiger partial charge in [0, 0.05) is 37.6 Å². The van der Waals surface area contributed by atoms with E-state index in [0.29, 0.717) is 41.8 Å². The molecule has 0 radical (unpaired) electrons. The summed E-state index contributed by atoms with van der Waals surface area (Å²) in [6.45, 7) is 6.81. The summed E-state index contributed by atoms with van der Waals surface area (Å²) in [6.07, 6.45) is 0.206. The number of anilines is 3. The van der Waals surface area contributed by atoms with Crippen LogP contribution in [0.1, 0.15) is 36.4 Å². The number of hydrogen-bond donors (Lipinski definition) is 1. The van der Waals surface area contributed by atoms with Gasteiger partial charge in [0.2, 0.25) is 11.9 Å². The number of rotatable bonds is 6. The predicted molar refractivity (Wildman–Crippen MR) is 121 cm³/mol. The summed E-state index contributed by atoms with van der Waals surface area (Å²) in [6, 6.07) is 2.45. The Labute approximate surface area is 194 Å². The van der Waals surface area contributed by atoms with Gasteiger partial charge in [-0.2, -0.15) is 23.3 Å². The summed E-state index contributed by atoms with van der Waals surface area (Å²) in [5.41, 5.74) is 1.93. The van der Waals surface area contributed by atoms with Gasteiger partial charge in [-0.1, -0.05) is 6.07 Å². The minimum absolute atomic E-state index is 0.00994. The molecule has 1 aliphatic heterocycles. The number of amides is 1. The van der Waals surface area contributed by atoms with Gasteiger partial charge in [-0.3, -0.25) is 14.5 Å². The first kappa shape index (κ1) is 23.5. The summed E-state index contributed by atoms with van der Waals surface area (Å²) in [4.78, 5) is 28.6. The van der Waals surface area contributed by atoms with Crippen molar-refractivity contribution < 1.29 is 18.0 Å². The molecule has 4 heterocycles. The molecule has 3 aromatic rings. The lowest BCUT2D eigenvalue weighted by molar-refractivity contribution is -0.141. The lowest BCUT2D eigenvalue weighted by atomic mass is 10.2. The predicted octanol–water partition coefficient (Wildman–Crippen LogP) is 3.25. The highest BCUT2D eigenvalue weighted by atomic mass is 19.4. The van der Waals surface area contributed by atoms with Crippen molar-refractivity contribution in [3.8, 4) is 0 Å². The molecule has 180 valence electrons. The van der Waals surface area contributed by atoms with Gasteiger partial charge in [-0.15, -0.1) is 0 Å². The molecule has 1 N–H and O–H groups in total. The van der Waals surface area contributed by atoms with Crippen LogP contribution in [0.5, 0.6) is 0 Å². The van der Waals surface area contributed by atoms with Gasteiger partial charge >= 0.3 is 6.18 Å². The number of halogens is 3. The van der Waals surface area contributed by atoms with Crippen LogP contribution in [0.4, 0.5) is 30.6 Å². The number of likely N-dealkylation sites (N-methyl/N-ethyl adjacent to an activating group) is 1. The zero-order valence-corrected chi connectivity index (χ0v) is 19.3. The minimum Gasteiger partial charge on any atom is -0.350 e. The van der Waals surface area contributed by atoms with Gasteiger partial charge < -0.3 is 15.1 Å². The van der Waals surface area contributed by atoms with E-state index in [1.54, 1.807) is 29.0 Å². The molecule has 34 heavy (non-hydrogen) atoms. The zero-order chi connectivity index (χ0) is 24.6. The van der Waals surface area contributed by atoms with E-state index in [0.717, 1.165) is 11.6 Å². The third-order valence-corrected chi connectivity index (χ3v) is 5.55. The second-order valence-electron chi connectivity index (χ2n) is 8.43. The van der Waals surface area contributed by atoms with Gasteiger partial charge in [-0.25, -0.2) is 4.98 Å². The largest absolute Gasteiger partial charge is 0.433 e. The van der Waals surface area contributed by atoms with Crippen molar-refractivity contribution in [1.82, 2.24) is 24.7 Å². The number of aromatic nitrogens is 5. The van der Waals surface area contributed by atoms with Gasteiger partial charge in [0.15, 0.2) is 5.82 Å². The standard InChI is InChI=1S/C22H25F3N8O/c1-13(2)33-12-18(34)31(4)19-14(3)29-21(30-20(19)33)27-8-16-9-28-32(11-16)10-15-5-6-17(26-7-15)22(23,24)25/h5-7,9,11,13H,8,10,12H2,1-4H3,(H,27,29,30). The van der Waals surface area contributed by atoms with Crippen LogP contribution >= 0.6 is 0 Å². The molecule has 0 unspecified atom stereocenters. The van der Waals surface area contributed by atoms with Crippen LogP contribution in [0.25, 0.3) is 0 Å². The maximum absolute atomic E-state index is 12.7. The number of nitrogens with zero attached hydrogens (tertiary/aromatic N) is 7. The Bertz CT molecular complexity index is 1190. The molecular weight excluding hydrogens is 449 g/mol. The number of hydrogen-bond acceptors (Lipinski definition) is 7. The number of carbonyl (C=O) groups is 1. The molecule has 9 nitrogen and oxygen atoms in total. The molecule has 0 bridgehead atoms. The minimum atomic E-state index is -4.46. The topological polar surface area (TPSA) is 92.1 Å². The average Bonchev–Trinajstić information content (AvgIpc) is 3.21. The molecule has 0 aliphatic carbocycles. The molecule has 1 amide bonds. The Balaban J connectivity index is 1.45. The number of carbonyl (C=O) groups excluding carboxylic acids is 1. The van der Waals surface area contributed by atoms with Gasteiger partial charge in [-0.05, 0) is 32.4 Å². The Morgan fingerprint density at radius 3 is 2.56 bits per heavy atom. The van der Waals surface area contributed by atoms with Crippen molar-refractivity contribution in [3.63, 3.8) is 0 Å².